The highest BCUT2D eigenvalue weighted by Gasteiger charge is 2.24. The number of anilines is 2. The zero-order valence-corrected chi connectivity index (χ0v) is 18.7. The van der Waals surface area contributed by atoms with Crippen LogP contribution in [0.15, 0.2) is 66.0 Å². The molecule has 9 heteroatoms. The molecule has 1 fully saturated rings. The molecule has 2 aromatic carbocycles. The van der Waals surface area contributed by atoms with Crippen LogP contribution in [-0.2, 0) is 0 Å². The van der Waals surface area contributed by atoms with Gasteiger partial charge in [0.25, 0.3) is 11.8 Å². The van der Waals surface area contributed by atoms with E-state index in [1.807, 2.05) is 35.7 Å². The minimum Gasteiger partial charge on any atom is -0.368 e. The maximum absolute atomic E-state index is 13.9. The Labute approximate surface area is 194 Å². The summed E-state index contributed by atoms with van der Waals surface area (Å²) < 4.78 is 13.9. The molecule has 32 heavy (non-hydrogen) atoms. The third-order valence-corrected chi connectivity index (χ3v) is 6.21. The minimum absolute atomic E-state index is 0.110. The number of nitrogens with one attached hydrogen (secondary N) is 2. The van der Waals surface area contributed by atoms with Gasteiger partial charge < -0.3 is 15.1 Å². The van der Waals surface area contributed by atoms with E-state index in [9.17, 15) is 14.0 Å². The van der Waals surface area contributed by atoms with E-state index in [1.165, 1.54) is 23.5 Å². The fraction of sp³-hybridized carbons (Fsp3) is 0.174. The maximum Gasteiger partial charge on any atom is 0.267 e. The number of thiocarbonyl (C=S) groups is 1. The Hall–Kier alpha value is -3.30. The van der Waals surface area contributed by atoms with Crippen LogP contribution in [0.4, 0.5) is 15.8 Å². The lowest BCUT2D eigenvalue weighted by Gasteiger charge is -2.36. The maximum atomic E-state index is 13.9. The number of hydrogen-bond acceptors (Lipinski definition) is 5. The molecule has 1 saturated heterocycles. The van der Waals surface area contributed by atoms with Gasteiger partial charge in [-0.1, -0.05) is 18.2 Å². The summed E-state index contributed by atoms with van der Waals surface area (Å²) in [5, 5.41) is 7.73. The number of amides is 2. The van der Waals surface area contributed by atoms with E-state index in [0.29, 0.717) is 31.1 Å². The van der Waals surface area contributed by atoms with Gasteiger partial charge in [-0.25, -0.2) is 4.39 Å². The molecule has 0 saturated carbocycles. The van der Waals surface area contributed by atoms with E-state index < -0.39 is 5.82 Å². The quantitative estimate of drug-likeness (QED) is 0.567. The SMILES string of the molecule is O=C(NC(=S)Nc1ccc(N2CCN(C(=O)c3ccccc3F)CC2)cc1)c1cccs1. The van der Waals surface area contributed by atoms with Crippen molar-refractivity contribution >= 4 is 51.9 Å². The Kier molecular flexibility index (Phi) is 6.77. The first-order valence-corrected chi connectivity index (χ1v) is 11.3. The molecule has 0 bridgehead atoms. The standard InChI is InChI=1S/C23H21FN4O2S2/c24-19-5-2-1-4-18(19)22(30)28-13-11-27(12-14-28)17-9-7-16(8-10-17)25-23(31)26-21(29)20-6-3-15-32-20/h1-10,15H,11-14H2,(H2,25,26,29,31). The molecule has 0 aliphatic carbocycles. The largest absolute Gasteiger partial charge is 0.368 e. The topological polar surface area (TPSA) is 64.7 Å². The van der Waals surface area contributed by atoms with Gasteiger partial charge in [-0.05, 0) is 60.1 Å². The molecule has 0 radical (unpaired) electrons. The van der Waals surface area contributed by atoms with Gasteiger partial charge in [0.15, 0.2) is 5.11 Å². The van der Waals surface area contributed by atoms with Crippen LogP contribution in [0.25, 0.3) is 0 Å². The fourth-order valence-corrected chi connectivity index (χ4v) is 4.29. The van der Waals surface area contributed by atoms with Crippen molar-refractivity contribution in [3.63, 3.8) is 0 Å². The number of hydrogen-bond donors (Lipinski definition) is 2. The predicted octanol–water partition coefficient (Wildman–Crippen LogP) is 3.98. The second kappa shape index (κ2) is 9.88. The summed E-state index contributed by atoms with van der Waals surface area (Å²) in [6, 6.07) is 17.3. The van der Waals surface area contributed by atoms with E-state index in [1.54, 1.807) is 23.1 Å². The number of nitrogens with zero attached hydrogens (tertiary/aromatic N) is 2. The summed E-state index contributed by atoms with van der Waals surface area (Å²) in [5.74, 6) is -1.01. The van der Waals surface area contributed by atoms with E-state index in [0.717, 1.165) is 11.4 Å². The summed E-state index contributed by atoms with van der Waals surface area (Å²) in [6.07, 6.45) is 0. The van der Waals surface area contributed by atoms with Crippen LogP contribution in [0, 0.1) is 5.82 Å². The molecule has 1 aliphatic heterocycles. The second-order valence-electron chi connectivity index (χ2n) is 7.19. The van der Waals surface area contributed by atoms with Crippen molar-refractivity contribution < 1.29 is 14.0 Å². The summed E-state index contributed by atoms with van der Waals surface area (Å²) in [4.78, 5) is 29.1. The molecule has 0 atom stereocenters. The smallest absolute Gasteiger partial charge is 0.267 e. The minimum atomic E-state index is -0.493. The van der Waals surface area contributed by atoms with Crippen LogP contribution in [0.1, 0.15) is 20.0 Å². The third-order valence-electron chi connectivity index (χ3n) is 5.13. The molecule has 4 rings (SSSR count). The molecule has 3 aromatic rings. The fourth-order valence-electron chi connectivity index (χ4n) is 3.46. The average molecular weight is 469 g/mol. The highest BCUT2D eigenvalue weighted by atomic mass is 32.1. The molecule has 164 valence electrons. The van der Waals surface area contributed by atoms with Crippen LogP contribution >= 0.6 is 23.6 Å². The van der Waals surface area contributed by atoms with Gasteiger partial charge in [0, 0.05) is 37.6 Å². The van der Waals surface area contributed by atoms with Crippen LogP contribution < -0.4 is 15.5 Å². The van der Waals surface area contributed by atoms with Crippen molar-refractivity contribution in [2.24, 2.45) is 0 Å². The number of piperazine rings is 1. The zero-order chi connectivity index (χ0) is 22.5. The monoisotopic (exact) mass is 468 g/mol. The number of benzene rings is 2. The van der Waals surface area contributed by atoms with Crippen molar-refractivity contribution in [2.75, 3.05) is 36.4 Å². The highest BCUT2D eigenvalue weighted by Crippen LogP contribution is 2.21. The predicted molar refractivity (Wildman–Crippen MR) is 129 cm³/mol. The third kappa shape index (κ3) is 5.12. The van der Waals surface area contributed by atoms with Gasteiger partial charge in [0.05, 0.1) is 10.4 Å². The Morgan fingerprint density at radius 1 is 0.938 bits per heavy atom. The van der Waals surface area contributed by atoms with E-state index in [4.69, 9.17) is 12.2 Å². The van der Waals surface area contributed by atoms with Crippen molar-refractivity contribution in [3.05, 3.63) is 82.3 Å². The highest BCUT2D eigenvalue weighted by molar-refractivity contribution is 7.80. The molecule has 1 aliphatic rings. The van der Waals surface area contributed by atoms with Crippen molar-refractivity contribution in [3.8, 4) is 0 Å². The summed E-state index contributed by atoms with van der Waals surface area (Å²) in [6.45, 7) is 2.35. The van der Waals surface area contributed by atoms with Gasteiger partial charge in [-0.15, -0.1) is 11.3 Å². The second-order valence-corrected chi connectivity index (χ2v) is 8.55. The van der Waals surface area contributed by atoms with E-state index in [2.05, 4.69) is 15.5 Å². The Balaban J connectivity index is 1.29. The molecular weight excluding hydrogens is 447 g/mol. The molecule has 2 amide bonds. The molecule has 6 nitrogen and oxygen atoms in total. The van der Waals surface area contributed by atoms with Gasteiger partial charge in [-0.3, -0.25) is 14.9 Å². The Morgan fingerprint density at radius 2 is 1.66 bits per heavy atom. The average Bonchev–Trinajstić information content (AvgIpc) is 3.35. The van der Waals surface area contributed by atoms with Gasteiger partial charge in [0.1, 0.15) is 5.82 Å². The number of thiophene rings is 1. The molecule has 0 unspecified atom stereocenters. The number of rotatable bonds is 4. The Bertz CT molecular complexity index is 1110. The summed E-state index contributed by atoms with van der Waals surface area (Å²) in [7, 11) is 0. The molecule has 1 aromatic heterocycles. The van der Waals surface area contributed by atoms with Crippen LogP contribution in [0.5, 0.6) is 0 Å². The number of carbonyl (C=O) groups is 2. The number of carbonyl (C=O) groups excluding carboxylic acids is 2. The molecule has 2 N–H and O–H groups in total. The van der Waals surface area contributed by atoms with Crippen LogP contribution in [0.3, 0.4) is 0 Å². The molecule has 0 spiro atoms. The Morgan fingerprint density at radius 3 is 2.31 bits per heavy atom. The first-order chi connectivity index (χ1) is 15.5. The van der Waals surface area contributed by atoms with Gasteiger partial charge >= 0.3 is 0 Å². The lowest BCUT2D eigenvalue weighted by Crippen LogP contribution is -2.49. The molecule has 2 heterocycles. The first-order valence-electron chi connectivity index (χ1n) is 10.1. The van der Waals surface area contributed by atoms with E-state index in [-0.39, 0.29) is 22.5 Å². The van der Waals surface area contributed by atoms with Crippen molar-refractivity contribution in [1.29, 1.82) is 0 Å². The van der Waals surface area contributed by atoms with Gasteiger partial charge in [-0.2, -0.15) is 0 Å². The summed E-state index contributed by atoms with van der Waals surface area (Å²) >= 11 is 6.57. The van der Waals surface area contributed by atoms with Crippen molar-refractivity contribution in [1.82, 2.24) is 10.2 Å². The lowest BCUT2D eigenvalue weighted by atomic mass is 10.1. The normalized spacial score (nSPS) is 13.5. The van der Waals surface area contributed by atoms with Crippen LogP contribution in [-0.4, -0.2) is 48.0 Å². The summed E-state index contributed by atoms with van der Waals surface area (Å²) in [5.41, 5.74) is 1.89. The lowest BCUT2D eigenvalue weighted by molar-refractivity contribution is 0.0742. The zero-order valence-electron chi connectivity index (χ0n) is 17.1. The van der Waals surface area contributed by atoms with Gasteiger partial charge in [0.2, 0.25) is 0 Å². The van der Waals surface area contributed by atoms with Crippen LogP contribution in [0.2, 0.25) is 0 Å². The number of halogens is 1. The molecular formula is C23H21FN4O2S2. The van der Waals surface area contributed by atoms with E-state index >= 15 is 0 Å². The van der Waals surface area contributed by atoms with Crippen molar-refractivity contribution in [2.45, 2.75) is 0 Å². The first kappa shape index (κ1) is 21.9.